The zero-order valence-electron chi connectivity index (χ0n) is 22.5. The zero-order valence-corrected chi connectivity index (χ0v) is 22.5. The minimum atomic E-state index is -0.962. The molecule has 1 aliphatic heterocycles. The van der Waals surface area contributed by atoms with Crippen molar-refractivity contribution in [3.63, 3.8) is 0 Å². The van der Waals surface area contributed by atoms with Crippen LogP contribution in [-0.4, -0.2) is 35.1 Å². The Labute approximate surface area is 239 Å². The number of nitrogens with one attached hydrogen (secondary N) is 1. The molecule has 1 heterocycles. The number of benzene rings is 4. The molecular weight excluding hydrogens is 515 g/mol. The number of amides is 2. The van der Waals surface area contributed by atoms with Gasteiger partial charge >= 0.3 is 0 Å². The molecule has 0 aromatic heterocycles. The molecule has 4 atom stereocenters. The highest BCUT2D eigenvalue weighted by atomic mass is 19.1. The highest BCUT2D eigenvalue weighted by Gasteiger charge is 2.57. The monoisotopic (exact) mass is 546 g/mol. The van der Waals surface area contributed by atoms with E-state index in [9.17, 15) is 18.8 Å². The number of ketones is 1. The molecule has 0 spiro atoms. The highest BCUT2D eigenvalue weighted by molar-refractivity contribution is 6.04. The number of likely N-dealkylation sites (tertiary alicyclic amines) is 1. The average Bonchev–Trinajstić information content (AvgIpc) is 3.79. The Morgan fingerprint density at radius 1 is 0.707 bits per heavy atom. The Morgan fingerprint density at radius 2 is 1.27 bits per heavy atom. The molecule has 5 nitrogen and oxygen atoms in total. The van der Waals surface area contributed by atoms with Crippen molar-refractivity contribution in [3.8, 4) is 0 Å². The Hall–Kier alpha value is -4.58. The van der Waals surface area contributed by atoms with Crippen molar-refractivity contribution in [1.29, 1.82) is 0 Å². The van der Waals surface area contributed by atoms with Crippen LogP contribution < -0.4 is 5.32 Å². The van der Waals surface area contributed by atoms with Crippen molar-refractivity contribution in [2.75, 3.05) is 6.54 Å². The lowest BCUT2D eigenvalue weighted by Gasteiger charge is -2.32. The average molecular weight is 547 g/mol. The number of rotatable bonds is 8. The van der Waals surface area contributed by atoms with Crippen molar-refractivity contribution in [2.24, 2.45) is 11.8 Å². The number of halogens is 1. The second-order valence-corrected chi connectivity index (χ2v) is 10.9. The molecule has 6 rings (SSSR count). The molecule has 4 unspecified atom stereocenters. The van der Waals surface area contributed by atoms with Gasteiger partial charge in [-0.3, -0.25) is 14.4 Å². The standard InChI is InChI=1S/C35H31FN2O3/c36-28-20-18-27(19-21-28)35(41)38-31(25-12-6-2-7-13-25)30(33(39)26-14-8-3-9-15-26)29(24-10-4-1-5-11-24)32(38)34(40)37-22-23-16-17-23/h1-15,18-21,23,29-32H,16-17,22H2,(H,37,40). The second-order valence-electron chi connectivity index (χ2n) is 10.9. The summed E-state index contributed by atoms with van der Waals surface area (Å²) < 4.78 is 13.9. The zero-order chi connectivity index (χ0) is 28.3. The van der Waals surface area contributed by atoms with Gasteiger partial charge in [-0.1, -0.05) is 91.0 Å². The molecule has 1 saturated carbocycles. The lowest BCUT2D eigenvalue weighted by molar-refractivity contribution is -0.125. The molecule has 0 radical (unpaired) electrons. The molecule has 2 aliphatic rings. The summed E-state index contributed by atoms with van der Waals surface area (Å²) in [4.78, 5) is 44.6. The summed E-state index contributed by atoms with van der Waals surface area (Å²) in [7, 11) is 0. The quantitative estimate of drug-likeness (QED) is 0.268. The molecule has 2 amide bonds. The Kier molecular flexibility index (Phi) is 7.47. The van der Waals surface area contributed by atoms with Gasteiger partial charge in [0.2, 0.25) is 5.91 Å². The first kappa shape index (κ1) is 26.6. The van der Waals surface area contributed by atoms with Crippen LogP contribution in [0, 0.1) is 17.7 Å². The van der Waals surface area contributed by atoms with Crippen LogP contribution in [-0.2, 0) is 4.79 Å². The number of carbonyl (C=O) groups excluding carboxylic acids is 3. The number of carbonyl (C=O) groups is 3. The summed E-state index contributed by atoms with van der Waals surface area (Å²) in [5.74, 6) is -2.23. The van der Waals surface area contributed by atoms with Crippen LogP contribution in [0.2, 0.25) is 0 Å². The predicted molar refractivity (Wildman–Crippen MR) is 155 cm³/mol. The minimum absolute atomic E-state index is 0.136. The van der Waals surface area contributed by atoms with E-state index in [0.717, 1.165) is 24.0 Å². The summed E-state index contributed by atoms with van der Waals surface area (Å²) in [5, 5.41) is 3.10. The van der Waals surface area contributed by atoms with E-state index in [1.54, 1.807) is 17.0 Å². The van der Waals surface area contributed by atoms with Gasteiger partial charge in [0.15, 0.2) is 5.78 Å². The fourth-order valence-corrected chi connectivity index (χ4v) is 6.05. The largest absolute Gasteiger partial charge is 0.354 e. The van der Waals surface area contributed by atoms with E-state index in [4.69, 9.17) is 0 Å². The number of nitrogens with zero attached hydrogens (tertiary/aromatic N) is 1. The Balaban J connectivity index is 1.56. The summed E-state index contributed by atoms with van der Waals surface area (Å²) in [5.41, 5.74) is 2.35. The first-order chi connectivity index (χ1) is 20.0. The fourth-order valence-electron chi connectivity index (χ4n) is 6.05. The smallest absolute Gasteiger partial charge is 0.255 e. The van der Waals surface area contributed by atoms with Gasteiger partial charge in [-0.05, 0) is 54.2 Å². The van der Waals surface area contributed by atoms with Crippen molar-refractivity contribution in [2.45, 2.75) is 30.8 Å². The summed E-state index contributed by atoms with van der Waals surface area (Å²) in [6.07, 6.45) is 2.13. The van der Waals surface area contributed by atoms with Crippen LogP contribution in [0.4, 0.5) is 4.39 Å². The third-order valence-corrected chi connectivity index (χ3v) is 8.21. The van der Waals surface area contributed by atoms with E-state index in [2.05, 4.69) is 5.32 Å². The van der Waals surface area contributed by atoms with E-state index in [1.165, 1.54) is 24.3 Å². The van der Waals surface area contributed by atoms with E-state index in [0.29, 0.717) is 18.0 Å². The molecule has 0 bridgehead atoms. The predicted octanol–water partition coefficient (Wildman–Crippen LogP) is 6.20. The number of Topliss-reactive ketones (excluding diaryl/α,β-unsaturated/α-hetero) is 1. The molecule has 4 aromatic carbocycles. The number of hydrogen-bond donors (Lipinski definition) is 1. The summed E-state index contributed by atoms with van der Waals surface area (Å²) >= 11 is 0. The van der Waals surface area contributed by atoms with Crippen LogP contribution in [0.25, 0.3) is 0 Å². The van der Waals surface area contributed by atoms with Gasteiger partial charge in [-0.2, -0.15) is 0 Å². The van der Waals surface area contributed by atoms with E-state index >= 15 is 0 Å². The Morgan fingerprint density at radius 3 is 1.85 bits per heavy atom. The van der Waals surface area contributed by atoms with Gasteiger partial charge in [-0.15, -0.1) is 0 Å². The highest BCUT2D eigenvalue weighted by Crippen LogP contribution is 2.51. The van der Waals surface area contributed by atoms with Gasteiger partial charge in [0, 0.05) is 23.6 Å². The van der Waals surface area contributed by atoms with Crippen molar-refractivity contribution < 1.29 is 18.8 Å². The Bertz CT molecular complexity index is 1520. The second kappa shape index (κ2) is 11.5. The summed E-state index contributed by atoms with van der Waals surface area (Å²) in [6.45, 7) is 0.530. The topological polar surface area (TPSA) is 66.5 Å². The van der Waals surface area contributed by atoms with Crippen LogP contribution in [0.1, 0.15) is 56.6 Å². The lowest BCUT2D eigenvalue weighted by atomic mass is 9.76. The maximum Gasteiger partial charge on any atom is 0.255 e. The minimum Gasteiger partial charge on any atom is -0.354 e. The van der Waals surface area contributed by atoms with Crippen LogP contribution in [0.3, 0.4) is 0 Å². The first-order valence-corrected chi connectivity index (χ1v) is 14.1. The third kappa shape index (κ3) is 5.42. The third-order valence-electron chi connectivity index (χ3n) is 8.21. The lowest BCUT2D eigenvalue weighted by Crippen LogP contribution is -2.49. The van der Waals surface area contributed by atoms with Gasteiger partial charge in [0.05, 0.1) is 12.0 Å². The molecule has 1 saturated heterocycles. The van der Waals surface area contributed by atoms with Crippen LogP contribution in [0.5, 0.6) is 0 Å². The van der Waals surface area contributed by atoms with E-state index in [1.807, 2.05) is 78.9 Å². The molecule has 206 valence electrons. The normalized spacial score (nSPS) is 21.8. The van der Waals surface area contributed by atoms with Crippen LogP contribution in [0.15, 0.2) is 115 Å². The maximum absolute atomic E-state index is 14.5. The van der Waals surface area contributed by atoms with Gasteiger partial charge in [0.1, 0.15) is 11.9 Å². The molecular formula is C35H31FN2O3. The van der Waals surface area contributed by atoms with E-state index in [-0.39, 0.29) is 17.3 Å². The SMILES string of the molecule is O=C(c1ccccc1)C1C(c2ccccc2)C(C(=O)NCC2CC2)N(C(=O)c2ccc(F)cc2)C1c1ccccc1. The molecule has 6 heteroatoms. The van der Waals surface area contributed by atoms with Gasteiger partial charge < -0.3 is 10.2 Å². The molecule has 41 heavy (non-hydrogen) atoms. The molecule has 4 aromatic rings. The maximum atomic E-state index is 14.5. The van der Waals surface area contributed by atoms with Gasteiger partial charge in [-0.25, -0.2) is 4.39 Å². The van der Waals surface area contributed by atoms with E-state index < -0.39 is 35.6 Å². The van der Waals surface area contributed by atoms with Crippen LogP contribution >= 0.6 is 0 Å². The van der Waals surface area contributed by atoms with Crippen molar-refractivity contribution in [1.82, 2.24) is 10.2 Å². The first-order valence-electron chi connectivity index (χ1n) is 14.1. The number of hydrogen-bond acceptors (Lipinski definition) is 3. The molecule has 2 fully saturated rings. The molecule has 1 aliphatic carbocycles. The molecule has 1 N–H and O–H groups in total. The van der Waals surface area contributed by atoms with Gasteiger partial charge in [0.25, 0.3) is 5.91 Å². The van der Waals surface area contributed by atoms with Crippen molar-refractivity contribution >= 4 is 17.6 Å². The fraction of sp³-hybridized carbons (Fsp3) is 0.229. The summed E-state index contributed by atoms with van der Waals surface area (Å²) in [6, 6.07) is 31.6. The van der Waals surface area contributed by atoms with Crippen molar-refractivity contribution in [3.05, 3.63) is 143 Å².